The molecule has 2 N–H and O–H groups in total. The van der Waals surface area contributed by atoms with Crippen molar-refractivity contribution in [1.82, 2.24) is 20.2 Å². The maximum atomic E-state index is 12.5. The lowest BCUT2D eigenvalue weighted by atomic mass is 10.2. The number of para-hydroxylation sites is 2. The van der Waals surface area contributed by atoms with Crippen LogP contribution in [0.5, 0.6) is 5.75 Å². The number of anilines is 2. The molecule has 0 aliphatic heterocycles. The fraction of sp³-hybridized carbons (Fsp3) is 0.0870. The minimum atomic E-state index is -0.337. The first kappa shape index (κ1) is 22.0. The number of methoxy groups -OCH3 is 1. The van der Waals surface area contributed by atoms with Gasteiger partial charge in [0.1, 0.15) is 12.3 Å². The predicted molar refractivity (Wildman–Crippen MR) is 124 cm³/mol. The number of halogens is 1. The molecule has 0 saturated heterocycles. The van der Waals surface area contributed by atoms with Crippen LogP contribution in [0, 0.1) is 0 Å². The summed E-state index contributed by atoms with van der Waals surface area (Å²) in [5, 5.41) is 18.2. The van der Waals surface area contributed by atoms with Crippen LogP contribution in [0.15, 0.2) is 72.8 Å². The number of hydrogen-bond acceptors (Lipinski definition) is 6. The molecule has 0 saturated carbocycles. The molecule has 0 atom stereocenters. The largest absolute Gasteiger partial charge is 0.495 e. The SMILES string of the molecule is COc1ccccc1NC(=O)c1ccc(NC(=O)Cn2nnc(-c3cccc(Cl)c3)n2)cc1. The van der Waals surface area contributed by atoms with Crippen molar-refractivity contribution >= 4 is 34.8 Å². The van der Waals surface area contributed by atoms with E-state index in [1.165, 1.54) is 11.9 Å². The smallest absolute Gasteiger partial charge is 0.255 e. The number of hydrogen-bond donors (Lipinski definition) is 2. The second-order valence-corrected chi connectivity index (χ2v) is 7.37. The molecule has 0 unspecified atom stereocenters. The van der Waals surface area contributed by atoms with E-state index in [1.54, 1.807) is 66.7 Å². The second kappa shape index (κ2) is 9.92. The van der Waals surface area contributed by atoms with E-state index in [0.29, 0.717) is 39.1 Å². The monoisotopic (exact) mass is 462 g/mol. The molecule has 0 spiro atoms. The molecule has 2 amide bonds. The maximum absolute atomic E-state index is 12.5. The molecule has 0 aliphatic rings. The van der Waals surface area contributed by atoms with E-state index >= 15 is 0 Å². The van der Waals surface area contributed by atoms with Gasteiger partial charge in [-0.05, 0) is 53.7 Å². The summed E-state index contributed by atoms with van der Waals surface area (Å²) in [4.78, 5) is 26.1. The van der Waals surface area contributed by atoms with Crippen LogP contribution >= 0.6 is 11.6 Å². The fourth-order valence-electron chi connectivity index (χ4n) is 3.03. The topological polar surface area (TPSA) is 111 Å². The van der Waals surface area contributed by atoms with Gasteiger partial charge in [0.25, 0.3) is 5.91 Å². The summed E-state index contributed by atoms with van der Waals surface area (Å²) in [6, 6.07) is 20.7. The molecule has 1 heterocycles. The van der Waals surface area contributed by atoms with Gasteiger partial charge in [0.2, 0.25) is 11.7 Å². The molecule has 1 aromatic heterocycles. The van der Waals surface area contributed by atoms with Gasteiger partial charge in [-0.1, -0.05) is 35.9 Å². The Morgan fingerprint density at radius 3 is 2.55 bits per heavy atom. The molecule has 166 valence electrons. The Labute approximate surface area is 194 Å². The highest BCUT2D eigenvalue weighted by Crippen LogP contribution is 2.24. The highest BCUT2D eigenvalue weighted by Gasteiger charge is 2.12. The van der Waals surface area contributed by atoms with E-state index in [2.05, 4.69) is 26.0 Å². The van der Waals surface area contributed by atoms with Crippen molar-refractivity contribution in [3.63, 3.8) is 0 Å². The average Bonchev–Trinajstić information content (AvgIpc) is 3.28. The quantitative estimate of drug-likeness (QED) is 0.431. The number of aromatic nitrogens is 4. The first-order valence-electron chi connectivity index (χ1n) is 9.90. The third kappa shape index (κ3) is 5.52. The van der Waals surface area contributed by atoms with Gasteiger partial charge in [0, 0.05) is 21.8 Å². The van der Waals surface area contributed by atoms with Gasteiger partial charge >= 0.3 is 0 Å². The minimum absolute atomic E-state index is 0.121. The van der Waals surface area contributed by atoms with E-state index in [1.807, 2.05) is 6.07 Å². The van der Waals surface area contributed by atoms with Gasteiger partial charge < -0.3 is 15.4 Å². The maximum Gasteiger partial charge on any atom is 0.255 e. The van der Waals surface area contributed by atoms with Crippen molar-refractivity contribution in [3.8, 4) is 17.1 Å². The van der Waals surface area contributed by atoms with Crippen LogP contribution in [0.25, 0.3) is 11.4 Å². The molecular weight excluding hydrogens is 444 g/mol. The molecular formula is C23H19ClN6O3. The number of carbonyl (C=O) groups excluding carboxylic acids is 2. The van der Waals surface area contributed by atoms with Crippen molar-refractivity contribution in [2.45, 2.75) is 6.54 Å². The minimum Gasteiger partial charge on any atom is -0.495 e. The summed E-state index contributed by atoms with van der Waals surface area (Å²) in [5.41, 5.74) is 2.24. The molecule has 4 rings (SSSR count). The Bertz CT molecular complexity index is 1290. The Hall–Kier alpha value is -4.24. The number of carbonyl (C=O) groups is 2. The van der Waals surface area contributed by atoms with E-state index in [0.717, 1.165) is 0 Å². The standard InChI is InChI=1S/C23H19ClN6O3/c1-33-20-8-3-2-7-19(20)26-23(32)15-9-11-18(12-10-15)25-21(31)14-30-28-22(27-29-30)16-5-4-6-17(24)13-16/h2-13H,14H2,1H3,(H,25,31)(H,26,32). The highest BCUT2D eigenvalue weighted by atomic mass is 35.5. The lowest BCUT2D eigenvalue weighted by Crippen LogP contribution is -2.20. The first-order valence-corrected chi connectivity index (χ1v) is 10.3. The zero-order valence-electron chi connectivity index (χ0n) is 17.5. The van der Waals surface area contributed by atoms with Gasteiger partial charge in [-0.2, -0.15) is 4.80 Å². The number of nitrogens with zero attached hydrogens (tertiary/aromatic N) is 4. The molecule has 0 radical (unpaired) electrons. The molecule has 3 aromatic carbocycles. The van der Waals surface area contributed by atoms with E-state index in [9.17, 15) is 9.59 Å². The van der Waals surface area contributed by atoms with Crippen LogP contribution in [0.3, 0.4) is 0 Å². The second-order valence-electron chi connectivity index (χ2n) is 6.93. The lowest BCUT2D eigenvalue weighted by molar-refractivity contribution is -0.117. The van der Waals surface area contributed by atoms with Crippen LogP contribution in [0.1, 0.15) is 10.4 Å². The number of benzene rings is 3. The van der Waals surface area contributed by atoms with Gasteiger partial charge in [-0.3, -0.25) is 9.59 Å². The van der Waals surface area contributed by atoms with Gasteiger partial charge in [-0.15, -0.1) is 10.2 Å². The zero-order chi connectivity index (χ0) is 23.2. The molecule has 0 fully saturated rings. The number of tetrazole rings is 1. The first-order chi connectivity index (χ1) is 16.0. The molecule has 0 aliphatic carbocycles. The number of nitrogens with one attached hydrogen (secondary N) is 2. The van der Waals surface area contributed by atoms with Crippen molar-refractivity contribution in [2.75, 3.05) is 17.7 Å². The third-order valence-corrected chi connectivity index (χ3v) is 4.84. The Morgan fingerprint density at radius 2 is 1.79 bits per heavy atom. The van der Waals surface area contributed by atoms with Crippen LogP contribution < -0.4 is 15.4 Å². The summed E-state index contributed by atoms with van der Waals surface area (Å²) in [6.07, 6.45) is 0. The average molecular weight is 463 g/mol. The summed E-state index contributed by atoms with van der Waals surface area (Å²) in [6.45, 7) is -0.121. The van der Waals surface area contributed by atoms with Crippen molar-refractivity contribution in [2.24, 2.45) is 0 Å². The normalized spacial score (nSPS) is 10.5. The predicted octanol–water partition coefficient (Wildman–Crippen LogP) is 3.89. The number of rotatable bonds is 7. The Morgan fingerprint density at radius 1 is 1.00 bits per heavy atom. The van der Waals surface area contributed by atoms with Crippen molar-refractivity contribution in [3.05, 3.63) is 83.4 Å². The van der Waals surface area contributed by atoms with E-state index in [-0.39, 0.29) is 18.4 Å². The van der Waals surface area contributed by atoms with Crippen molar-refractivity contribution < 1.29 is 14.3 Å². The summed E-state index contributed by atoms with van der Waals surface area (Å²) in [5.74, 6) is 0.305. The van der Waals surface area contributed by atoms with Crippen LogP contribution in [-0.4, -0.2) is 39.1 Å². The van der Waals surface area contributed by atoms with Crippen molar-refractivity contribution in [1.29, 1.82) is 0 Å². The molecule has 4 aromatic rings. The molecule has 10 heteroatoms. The van der Waals surface area contributed by atoms with E-state index in [4.69, 9.17) is 16.3 Å². The van der Waals surface area contributed by atoms with Gasteiger partial charge in [-0.25, -0.2) is 0 Å². The summed E-state index contributed by atoms with van der Waals surface area (Å²) in [7, 11) is 1.54. The van der Waals surface area contributed by atoms with Gasteiger partial charge in [0.05, 0.1) is 12.8 Å². The summed E-state index contributed by atoms with van der Waals surface area (Å²) >= 11 is 5.98. The van der Waals surface area contributed by atoms with Gasteiger partial charge in [0.15, 0.2) is 0 Å². The van der Waals surface area contributed by atoms with Crippen LogP contribution in [0.4, 0.5) is 11.4 Å². The summed E-state index contributed by atoms with van der Waals surface area (Å²) < 4.78 is 5.24. The lowest BCUT2D eigenvalue weighted by Gasteiger charge is -2.10. The molecule has 0 bridgehead atoms. The molecule has 9 nitrogen and oxygen atoms in total. The van der Waals surface area contributed by atoms with E-state index < -0.39 is 0 Å². The zero-order valence-corrected chi connectivity index (χ0v) is 18.3. The number of ether oxygens (including phenoxy) is 1. The third-order valence-electron chi connectivity index (χ3n) is 4.61. The Kier molecular flexibility index (Phi) is 6.61. The van der Waals surface area contributed by atoms with Crippen LogP contribution in [-0.2, 0) is 11.3 Å². The molecule has 33 heavy (non-hydrogen) atoms. The highest BCUT2D eigenvalue weighted by molar-refractivity contribution is 6.30. The van der Waals surface area contributed by atoms with Crippen LogP contribution in [0.2, 0.25) is 5.02 Å². The fourth-order valence-corrected chi connectivity index (χ4v) is 3.22. The number of amides is 2. The Balaban J connectivity index is 1.35.